The van der Waals surface area contributed by atoms with E-state index in [1.54, 1.807) is 36.4 Å². The summed E-state index contributed by atoms with van der Waals surface area (Å²) >= 11 is 12.1. The number of halogens is 2. The highest BCUT2D eigenvalue weighted by Crippen LogP contribution is 2.33. The lowest BCUT2D eigenvalue weighted by Crippen LogP contribution is -1.88. The van der Waals surface area contributed by atoms with Gasteiger partial charge in [-0.2, -0.15) is 5.26 Å². The van der Waals surface area contributed by atoms with E-state index in [0.29, 0.717) is 27.0 Å². The molecule has 0 aliphatic heterocycles. The van der Waals surface area contributed by atoms with Gasteiger partial charge in [0.1, 0.15) is 11.8 Å². The van der Waals surface area contributed by atoms with E-state index in [4.69, 9.17) is 28.5 Å². The number of pyridine rings is 1. The second-order valence-electron chi connectivity index (χ2n) is 3.12. The van der Waals surface area contributed by atoms with Crippen molar-refractivity contribution in [2.75, 3.05) is 0 Å². The van der Waals surface area contributed by atoms with Crippen LogP contribution in [0.2, 0.25) is 10.0 Å². The van der Waals surface area contributed by atoms with Crippen molar-refractivity contribution in [3.63, 3.8) is 0 Å². The van der Waals surface area contributed by atoms with E-state index in [-0.39, 0.29) is 0 Å². The maximum absolute atomic E-state index is 8.77. The van der Waals surface area contributed by atoms with E-state index in [0.717, 1.165) is 0 Å². The lowest BCUT2D eigenvalue weighted by atomic mass is 10.1. The Balaban J connectivity index is 2.64. The minimum absolute atomic E-state index is 0.341. The zero-order valence-corrected chi connectivity index (χ0v) is 9.63. The number of nitrogens with zero attached hydrogens (tertiary/aromatic N) is 2. The fourth-order valence-electron chi connectivity index (χ4n) is 1.38. The van der Waals surface area contributed by atoms with Crippen LogP contribution in [0.25, 0.3) is 11.3 Å². The van der Waals surface area contributed by atoms with Crippen LogP contribution in [-0.2, 0) is 0 Å². The van der Waals surface area contributed by atoms with Gasteiger partial charge in [0, 0.05) is 5.56 Å². The van der Waals surface area contributed by atoms with Gasteiger partial charge in [-0.05, 0) is 24.3 Å². The third-order valence-electron chi connectivity index (χ3n) is 2.08. The van der Waals surface area contributed by atoms with Crippen LogP contribution in [0.3, 0.4) is 0 Å². The smallest absolute Gasteiger partial charge is 0.141 e. The van der Waals surface area contributed by atoms with E-state index < -0.39 is 0 Å². The Morgan fingerprint density at radius 2 is 1.62 bits per heavy atom. The van der Waals surface area contributed by atoms with Crippen molar-refractivity contribution in [3.05, 3.63) is 52.1 Å². The molecule has 2 rings (SSSR count). The molecule has 2 aromatic rings. The third kappa shape index (κ3) is 2.01. The summed E-state index contributed by atoms with van der Waals surface area (Å²) in [7, 11) is 0. The topological polar surface area (TPSA) is 36.7 Å². The summed E-state index contributed by atoms with van der Waals surface area (Å²) in [5, 5.41) is 9.82. The largest absolute Gasteiger partial charge is 0.237 e. The Bertz CT molecular complexity index is 553. The molecule has 4 heteroatoms. The van der Waals surface area contributed by atoms with E-state index in [1.807, 2.05) is 6.07 Å². The zero-order chi connectivity index (χ0) is 11.5. The van der Waals surface area contributed by atoms with E-state index in [1.165, 1.54) is 0 Å². The minimum atomic E-state index is 0.341. The van der Waals surface area contributed by atoms with Crippen LogP contribution >= 0.6 is 23.2 Å². The normalized spacial score (nSPS) is 9.81. The molecule has 0 aliphatic rings. The second kappa shape index (κ2) is 4.52. The van der Waals surface area contributed by atoms with Gasteiger partial charge in [0.2, 0.25) is 0 Å². The zero-order valence-electron chi connectivity index (χ0n) is 8.11. The van der Waals surface area contributed by atoms with Crippen LogP contribution in [0, 0.1) is 11.3 Å². The predicted octanol–water partition coefficient (Wildman–Crippen LogP) is 3.93. The minimum Gasteiger partial charge on any atom is -0.237 e. The first-order valence-corrected chi connectivity index (χ1v) is 5.29. The monoisotopic (exact) mass is 248 g/mol. The van der Waals surface area contributed by atoms with Crippen molar-refractivity contribution in [2.45, 2.75) is 0 Å². The molecule has 0 unspecified atom stereocenters. The molecule has 2 nitrogen and oxygen atoms in total. The molecule has 0 saturated heterocycles. The van der Waals surface area contributed by atoms with Crippen LogP contribution in [0.5, 0.6) is 0 Å². The number of aromatic nitrogens is 1. The second-order valence-corrected chi connectivity index (χ2v) is 3.93. The van der Waals surface area contributed by atoms with Gasteiger partial charge in [-0.3, -0.25) is 0 Å². The molecule has 0 N–H and O–H groups in total. The molecule has 0 saturated carbocycles. The van der Waals surface area contributed by atoms with Crippen LogP contribution in [-0.4, -0.2) is 4.98 Å². The highest BCUT2D eigenvalue weighted by atomic mass is 35.5. The highest BCUT2D eigenvalue weighted by Gasteiger charge is 2.09. The number of hydrogen-bond donors (Lipinski definition) is 0. The van der Waals surface area contributed by atoms with Crippen molar-refractivity contribution in [3.8, 4) is 17.3 Å². The summed E-state index contributed by atoms with van der Waals surface area (Å²) in [6.45, 7) is 0. The Kier molecular flexibility index (Phi) is 3.09. The van der Waals surface area contributed by atoms with Gasteiger partial charge >= 0.3 is 0 Å². The molecule has 1 heterocycles. The predicted molar refractivity (Wildman–Crippen MR) is 64.4 cm³/mol. The van der Waals surface area contributed by atoms with Gasteiger partial charge in [-0.1, -0.05) is 35.3 Å². The van der Waals surface area contributed by atoms with Crippen LogP contribution in [0.1, 0.15) is 5.69 Å². The quantitative estimate of drug-likeness (QED) is 0.767. The van der Waals surface area contributed by atoms with Gasteiger partial charge in [0.25, 0.3) is 0 Å². The summed E-state index contributed by atoms with van der Waals surface area (Å²) in [5.41, 5.74) is 1.60. The van der Waals surface area contributed by atoms with E-state index in [9.17, 15) is 0 Å². The molecular formula is C12H6Cl2N2. The summed E-state index contributed by atoms with van der Waals surface area (Å²) in [6, 6.07) is 12.4. The van der Waals surface area contributed by atoms with Crippen LogP contribution in [0.4, 0.5) is 0 Å². The summed E-state index contributed by atoms with van der Waals surface area (Å²) < 4.78 is 0. The average Bonchev–Trinajstić information content (AvgIpc) is 2.29. The lowest BCUT2D eigenvalue weighted by Gasteiger charge is -2.05. The van der Waals surface area contributed by atoms with Crippen LogP contribution in [0.15, 0.2) is 36.4 Å². The average molecular weight is 249 g/mol. The number of benzene rings is 1. The van der Waals surface area contributed by atoms with Crippen molar-refractivity contribution in [1.82, 2.24) is 4.98 Å². The summed E-state index contributed by atoms with van der Waals surface area (Å²) in [4.78, 5) is 4.15. The number of nitriles is 1. The van der Waals surface area contributed by atoms with Gasteiger partial charge in [-0.25, -0.2) is 4.98 Å². The van der Waals surface area contributed by atoms with E-state index in [2.05, 4.69) is 4.98 Å². The number of hydrogen-bond acceptors (Lipinski definition) is 2. The molecule has 0 spiro atoms. The maximum atomic E-state index is 8.77. The molecule has 1 aromatic heterocycles. The Morgan fingerprint density at radius 1 is 1.00 bits per heavy atom. The summed E-state index contributed by atoms with van der Waals surface area (Å²) in [6.07, 6.45) is 0. The van der Waals surface area contributed by atoms with Gasteiger partial charge < -0.3 is 0 Å². The molecule has 0 amide bonds. The Morgan fingerprint density at radius 3 is 2.25 bits per heavy atom. The summed E-state index contributed by atoms with van der Waals surface area (Å²) in [5.74, 6) is 0. The third-order valence-corrected chi connectivity index (χ3v) is 2.71. The van der Waals surface area contributed by atoms with Gasteiger partial charge in [0.15, 0.2) is 0 Å². The molecule has 0 bridgehead atoms. The molecule has 0 aliphatic carbocycles. The van der Waals surface area contributed by atoms with Crippen molar-refractivity contribution >= 4 is 23.2 Å². The fourth-order valence-corrected chi connectivity index (χ4v) is 1.97. The van der Waals surface area contributed by atoms with E-state index >= 15 is 0 Å². The van der Waals surface area contributed by atoms with Crippen molar-refractivity contribution in [1.29, 1.82) is 5.26 Å². The fraction of sp³-hybridized carbons (Fsp3) is 0. The number of rotatable bonds is 1. The molecule has 0 fully saturated rings. The maximum Gasteiger partial charge on any atom is 0.141 e. The standard InChI is InChI=1S/C12H6Cl2N2/c13-9-4-2-5-10(14)12(9)11-6-1-3-8(7-15)16-11/h1-6H. The van der Waals surface area contributed by atoms with Crippen LogP contribution < -0.4 is 0 Å². The highest BCUT2D eigenvalue weighted by molar-refractivity contribution is 6.39. The molecule has 0 radical (unpaired) electrons. The lowest BCUT2D eigenvalue weighted by molar-refractivity contribution is 1.27. The first-order chi connectivity index (χ1) is 7.72. The first kappa shape index (κ1) is 10.9. The van der Waals surface area contributed by atoms with Crippen molar-refractivity contribution in [2.24, 2.45) is 0 Å². The molecule has 16 heavy (non-hydrogen) atoms. The van der Waals surface area contributed by atoms with Gasteiger partial charge in [0.05, 0.1) is 15.7 Å². The first-order valence-electron chi connectivity index (χ1n) is 4.54. The van der Waals surface area contributed by atoms with Crippen molar-refractivity contribution < 1.29 is 0 Å². The molecular weight excluding hydrogens is 243 g/mol. The molecule has 0 atom stereocenters. The Labute approximate surface area is 103 Å². The SMILES string of the molecule is N#Cc1cccc(-c2c(Cl)cccc2Cl)n1. The Hall–Kier alpha value is -1.56. The van der Waals surface area contributed by atoms with Gasteiger partial charge in [-0.15, -0.1) is 0 Å². The molecule has 78 valence electrons. The molecule has 1 aromatic carbocycles.